The second kappa shape index (κ2) is 8.50. The Kier molecular flexibility index (Phi) is 6.37. The number of carbonyl (C=O) groups is 2. The summed E-state index contributed by atoms with van der Waals surface area (Å²) >= 11 is 0. The Labute approximate surface area is 135 Å². The summed E-state index contributed by atoms with van der Waals surface area (Å²) in [5, 5.41) is 0. The van der Waals surface area contributed by atoms with Crippen molar-refractivity contribution in [1.29, 1.82) is 0 Å². The van der Waals surface area contributed by atoms with E-state index in [4.69, 9.17) is 18.9 Å². The molecule has 0 saturated carbocycles. The van der Waals surface area contributed by atoms with Crippen molar-refractivity contribution in [3.63, 3.8) is 0 Å². The predicted molar refractivity (Wildman–Crippen MR) is 80.5 cm³/mol. The summed E-state index contributed by atoms with van der Waals surface area (Å²) in [4.78, 5) is 25.5. The zero-order chi connectivity index (χ0) is 16.7. The van der Waals surface area contributed by atoms with Gasteiger partial charge in [0.05, 0.1) is 19.8 Å². The molecule has 2 rings (SSSR count). The summed E-state index contributed by atoms with van der Waals surface area (Å²) in [5.74, 6) is -0.481. The number of amides is 1. The first-order valence-corrected chi connectivity index (χ1v) is 7.31. The van der Waals surface area contributed by atoms with Crippen molar-refractivity contribution in [2.75, 3.05) is 27.6 Å². The third kappa shape index (κ3) is 4.67. The molecule has 7 nitrogen and oxygen atoms in total. The lowest BCUT2D eigenvalue weighted by atomic mass is 10.2. The number of esters is 1. The number of benzene rings is 1. The van der Waals surface area contributed by atoms with Crippen LogP contribution in [-0.2, 0) is 30.3 Å². The Morgan fingerprint density at radius 3 is 2.61 bits per heavy atom. The number of rotatable bonds is 6. The van der Waals surface area contributed by atoms with E-state index in [2.05, 4.69) is 0 Å². The molecule has 0 spiro atoms. The third-order valence-corrected chi connectivity index (χ3v) is 3.60. The van der Waals surface area contributed by atoms with Gasteiger partial charge < -0.3 is 18.9 Å². The fourth-order valence-corrected chi connectivity index (χ4v) is 2.45. The van der Waals surface area contributed by atoms with Crippen LogP contribution in [0, 0.1) is 0 Å². The molecule has 0 unspecified atom stereocenters. The zero-order valence-corrected chi connectivity index (χ0v) is 13.3. The van der Waals surface area contributed by atoms with Crippen LogP contribution in [-0.4, -0.2) is 56.7 Å². The topological polar surface area (TPSA) is 74.3 Å². The molecule has 7 heteroatoms. The first-order valence-electron chi connectivity index (χ1n) is 7.31. The Morgan fingerprint density at radius 1 is 1.22 bits per heavy atom. The SMILES string of the molecule is COCO[C@@H]1C[C@@H](C(=O)OC)N(C(=O)OCc2ccccc2)C1. The van der Waals surface area contributed by atoms with Gasteiger partial charge in [-0.1, -0.05) is 30.3 Å². The highest BCUT2D eigenvalue weighted by molar-refractivity contribution is 5.82. The monoisotopic (exact) mass is 323 g/mol. The molecule has 1 fully saturated rings. The van der Waals surface area contributed by atoms with Gasteiger partial charge in [-0.05, 0) is 5.56 Å². The van der Waals surface area contributed by atoms with Gasteiger partial charge in [-0.15, -0.1) is 0 Å². The smallest absolute Gasteiger partial charge is 0.410 e. The lowest BCUT2D eigenvalue weighted by Gasteiger charge is -2.21. The standard InChI is InChI=1S/C16H21NO6/c1-20-11-23-13-8-14(15(18)21-2)17(9-13)16(19)22-10-12-6-4-3-5-7-12/h3-7,13-14H,8-11H2,1-2H3/t13-,14+/m1/s1. The molecular formula is C16H21NO6. The molecule has 1 saturated heterocycles. The van der Waals surface area contributed by atoms with Crippen LogP contribution in [0.2, 0.25) is 0 Å². The highest BCUT2D eigenvalue weighted by atomic mass is 16.7. The van der Waals surface area contributed by atoms with Crippen LogP contribution in [0.15, 0.2) is 30.3 Å². The molecule has 0 N–H and O–H groups in total. The molecule has 126 valence electrons. The van der Waals surface area contributed by atoms with Crippen LogP contribution < -0.4 is 0 Å². The number of methoxy groups -OCH3 is 2. The van der Waals surface area contributed by atoms with E-state index in [1.54, 1.807) is 0 Å². The fraction of sp³-hybridized carbons (Fsp3) is 0.500. The van der Waals surface area contributed by atoms with Gasteiger partial charge in [-0.2, -0.15) is 0 Å². The minimum Gasteiger partial charge on any atom is -0.467 e. The Morgan fingerprint density at radius 2 is 1.96 bits per heavy atom. The van der Waals surface area contributed by atoms with Gasteiger partial charge in [-0.25, -0.2) is 9.59 Å². The average molecular weight is 323 g/mol. The van der Waals surface area contributed by atoms with E-state index in [1.807, 2.05) is 30.3 Å². The van der Waals surface area contributed by atoms with E-state index in [1.165, 1.54) is 19.1 Å². The van der Waals surface area contributed by atoms with E-state index < -0.39 is 18.1 Å². The summed E-state index contributed by atoms with van der Waals surface area (Å²) in [6, 6.07) is 8.64. The van der Waals surface area contributed by atoms with E-state index in [0.29, 0.717) is 6.42 Å². The van der Waals surface area contributed by atoms with Crippen molar-refractivity contribution in [1.82, 2.24) is 4.90 Å². The lowest BCUT2D eigenvalue weighted by Crippen LogP contribution is -2.41. The number of hydrogen-bond acceptors (Lipinski definition) is 6. The Balaban J connectivity index is 1.96. The first-order chi connectivity index (χ1) is 11.2. The molecule has 0 aromatic heterocycles. The van der Waals surface area contributed by atoms with Crippen LogP contribution in [0.4, 0.5) is 4.79 Å². The maximum absolute atomic E-state index is 12.3. The molecule has 1 aliphatic rings. The van der Waals surface area contributed by atoms with Gasteiger partial charge in [0, 0.05) is 13.5 Å². The summed E-state index contributed by atoms with van der Waals surface area (Å²) < 4.78 is 20.3. The highest BCUT2D eigenvalue weighted by Gasteiger charge is 2.41. The molecule has 2 atom stereocenters. The first kappa shape index (κ1) is 17.2. The predicted octanol–water partition coefficient (Wildman–Crippen LogP) is 1.56. The summed E-state index contributed by atoms with van der Waals surface area (Å²) in [5.41, 5.74) is 0.877. The molecular weight excluding hydrogens is 302 g/mol. The van der Waals surface area contributed by atoms with Gasteiger partial charge >= 0.3 is 12.1 Å². The lowest BCUT2D eigenvalue weighted by molar-refractivity contribution is -0.145. The zero-order valence-electron chi connectivity index (χ0n) is 13.3. The van der Waals surface area contributed by atoms with E-state index in [0.717, 1.165) is 5.56 Å². The van der Waals surface area contributed by atoms with Gasteiger partial charge in [0.15, 0.2) is 0 Å². The number of hydrogen-bond donors (Lipinski definition) is 0. The Hall–Kier alpha value is -2.12. The summed E-state index contributed by atoms with van der Waals surface area (Å²) in [6.45, 7) is 0.510. The highest BCUT2D eigenvalue weighted by Crippen LogP contribution is 2.23. The minimum atomic E-state index is -0.704. The largest absolute Gasteiger partial charge is 0.467 e. The van der Waals surface area contributed by atoms with Gasteiger partial charge in [0.25, 0.3) is 0 Å². The van der Waals surface area contributed by atoms with Gasteiger partial charge in [0.1, 0.15) is 19.4 Å². The molecule has 0 aliphatic carbocycles. The molecule has 1 amide bonds. The second-order valence-corrected chi connectivity index (χ2v) is 5.16. The molecule has 1 aliphatic heterocycles. The van der Waals surface area contributed by atoms with Crippen LogP contribution >= 0.6 is 0 Å². The quantitative estimate of drug-likeness (QED) is 0.584. The van der Waals surface area contributed by atoms with E-state index >= 15 is 0 Å². The number of nitrogens with zero attached hydrogens (tertiary/aromatic N) is 1. The van der Waals surface area contributed by atoms with Crippen molar-refractivity contribution < 1.29 is 28.5 Å². The van der Waals surface area contributed by atoms with Crippen LogP contribution in [0.1, 0.15) is 12.0 Å². The van der Waals surface area contributed by atoms with Crippen molar-refractivity contribution >= 4 is 12.1 Å². The maximum atomic E-state index is 12.3. The summed E-state index contributed by atoms with van der Waals surface area (Å²) in [7, 11) is 2.80. The third-order valence-electron chi connectivity index (χ3n) is 3.60. The molecule has 23 heavy (non-hydrogen) atoms. The van der Waals surface area contributed by atoms with Crippen molar-refractivity contribution in [2.45, 2.75) is 25.2 Å². The fourth-order valence-electron chi connectivity index (χ4n) is 2.45. The minimum absolute atomic E-state index is 0.103. The second-order valence-electron chi connectivity index (χ2n) is 5.16. The van der Waals surface area contributed by atoms with Crippen LogP contribution in [0.25, 0.3) is 0 Å². The van der Waals surface area contributed by atoms with E-state index in [-0.39, 0.29) is 26.0 Å². The van der Waals surface area contributed by atoms with Crippen molar-refractivity contribution in [2.24, 2.45) is 0 Å². The molecule has 1 aromatic rings. The number of likely N-dealkylation sites (tertiary alicyclic amines) is 1. The van der Waals surface area contributed by atoms with Crippen molar-refractivity contribution in [3.8, 4) is 0 Å². The molecule has 1 heterocycles. The normalized spacial score (nSPS) is 20.3. The summed E-state index contributed by atoms with van der Waals surface area (Å²) in [6.07, 6.45) is -0.493. The maximum Gasteiger partial charge on any atom is 0.410 e. The average Bonchev–Trinajstić information content (AvgIpc) is 3.02. The van der Waals surface area contributed by atoms with Crippen LogP contribution in [0.5, 0.6) is 0 Å². The molecule has 0 bridgehead atoms. The van der Waals surface area contributed by atoms with Crippen molar-refractivity contribution in [3.05, 3.63) is 35.9 Å². The van der Waals surface area contributed by atoms with Gasteiger partial charge in [0.2, 0.25) is 0 Å². The number of ether oxygens (including phenoxy) is 4. The Bertz CT molecular complexity index is 521. The van der Waals surface area contributed by atoms with Gasteiger partial charge in [-0.3, -0.25) is 4.90 Å². The van der Waals surface area contributed by atoms with Crippen LogP contribution in [0.3, 0.4) is 0 Å². The molecule has 0 radical (unpaired) electrons. The molecule has 1 aromatic carbocycles. The van der Waals surface area contributed by atoms with E-state index in [9.17, 15) is 9.59 Å². The number of carbonyl (C=O) groups excluding carboxylic acids is 2.